The fourth-order valence-corrected chi connectivity index (χ4v) is 3.42. The highest BCUT2D eigenvalue weighted by molar-refractivity contribution is 6.06. The van der Waals surface area contributed by atoms with Gasteiger partial charge in [-0.1, -0.05) is 0 Å². The molecular formula is C26H30N2O11. The van der Waals surface area contributed by atoms with Gasteiger partial charge >= 0.3 is 11.9 Å². The van der Waals surface area contributed by atoms with Gasteiger partial charge in [0.1, 0.15) is 23.2 Å². The Labute approximate surface area is 224 Å². The van der Waals surface area contributed by atoms with E-state index in [2.05, 4.69) is 10.6 Å². The van der Waals surface area contributed by atoms with Crippen LogP contribution in [0.2, 0.25) is 0 Å². The number of benzene rings is 2. The summed E-state index contributed by atoms with van der Waals surface area (Å²) in [5.41, 5.74) is 0.0374. The van der Waals surface area contributed by atoms with Crippen molar-refractivity contribution in [2.75, 3.05) is 35.5 Å². The van der Waals surface area contributed by atoms with E-state index in [0.29, 0.717) is 17.1 Å². The molecule has 13 heteroatoms. The quantitative estimate of drug-likeness (QED) is 0.254. The molecule has 0 aliphatic rings. The smallest absolute Gasteiger partial charge is 0.326 e. The molecule has 2 aromatic rings. The number of aliphatic carboxylic acids is 2. The van der Waals surface area contributed by atoms with Gasteiger partial charge in [-0.15, -0.1) is 0 Å². The zero-order valence-corrected chi connectivity index (χ0v) is 22.0. The third kappa shape index (κ3) is 8.02. The lowest BCUT2D eigenvalue weighted by atomic mass is 10.1. The Kier molecular flexibility index (Phi) is 11.0. The van der Waals surface area contributed by atoms with Gasteiger partial charge < -0.3 is 44.5 Å². The number of rotatable bonds is 14. The standard InChI is InChI=1S/C26H30N2O11/c1-35-16-7-6-14(19(13-16)36-2)10-18(25(32)27-17(26(33)34)8-9-22(29)30)28-24(31)15-11-20(37-3)23(39-5)21(12-15)38-4/h6-7,10-13,17H,8-9H2,1-5H3,(H,27,32)(H,28,31)(H,29,30)(H,33,34)/b18-10+/t17-/m1/s1. The van der Waals surface area contributed by atoms with E-state index in [1.807, 2.05) is 0 Å². The number of nitrogens with one attached hydrogen (secondary N) is 2. The lowest BCUT2D eigenvalue weighted by Gasteiger charge is -2.17. The SMILES string of the molecule is COc1ccc(/C=C(/NC(=O)c2cc(OC)c(OC)c(OC)c2)C(=O)N[C@H](CCC(=O)O)C(=O)O)c(OC)c1. The fourth-order valence-electron chi connectivity index (χ4n) is 3.42. The molecule has 2 rings (SSSR count). The van der Waals surface area contributed by atoms with E-state index < -0.39 is 36.2 Å². The van der Waals surface area contributed by atoms with E-state index in [1.165, 1.54) is 53.8 Å². The summed E-state index contributed by atoms with van der Waals surface area (Å²) in [6.07, 6.45) is 0.399. The van der Waals surface area contributed by atoms with Crippen LogP contribution in [0.4, 0.5) is 0 Å². The van der Waals surface area contributed by atoms with Crippen molar-refractivity contribution in [2.45, 2.75) is 18.9 Å². The van der Waals surface area contributed by atoms with Gasteiger partial charge in [0.25, 0.3) is 11.8 Å². The van der Waals surface area contributed by atoms with Crippen molar-refractivity contribution >= 4 is 29.8 Å². The van der Waals surface area contributed by atoms with Crippen LogP contribution in [0.5, 0.6) is 28.7 Å². The minimum atomic E-state index is -1.53. The molecule has 0 spiro atoms. The first-order chi connectivity index (χ1) is 18.6. The molecule has 0 bridgehead atoms. The van der Waals surface area contributed by atoms with Crippen LogP contribution in [0, 0.1) is 0 Å². The second-order valence-corrected chi connectivity index (χ2v) is 7.83. The molecule has 210 valence electrons. The Morgan fingerprint density at radius 2 is 1.46 bits per heavy atom. The number of hydrogen-bond donors (Lipinski definition) is 4. The lowest BCUT2D eigenvalue weighted by molar-refractivity contribution is -0.142. The Morgan fingerprint density at radius 1 is 0.846 bits per heavy atom. The minimum Gasteiger partial charge on any atom is -0.497 e. The molecular weight excluding hydrogens is 516 g/mol. The second kappa shape index (κ2) is 14.1. The molecule has 39 heavy (non-hydrogen) atoms. The predicted octanol–water partition coefficient (Wildman–Crippen LogP) is 1.93. The van der Waals surface area contributed by atoms with Gasteiger partial charge in [0.05, 0.1) is 35.5 Å². The monoisotopic (exact) mass is 546 g/mol. The van der Waals surface area contributed by atoms with Crippen molar-refractivity contribution in [1.29, 1.82) is 0 Å². The molecule has 0 aliphatic carbocycles. The Balaban J connectivity index is 2.54. The maximum absolute atomic E-state index is 13.2. The Morgan fingerprint density at radius 3 is 1.95 bits per heavy atom. The van der Waals surface area contributed by atoms with E-state index in [4.69, 9.17) is 28.8 Å². The van der Waals surface area contributed by atoms with E-state index in [1.54, 1.807) is 18.2 Å². The Bertz CT molecular complexity index is 1230. The van der Waals surface area contributed by atoms with Gasteiger partial charge in [-0.05, 0) is 36.8 Å². The van der Waals surface area contributed by atoms with Crippen molar-refractivity contribution in [3.63, 3.8) is 0 Å². The van der Waals surface area contributed by atoms with Crippen molar-refractivity contribution < 1.29 is 53.1 Å². The van der Waals surface area contributed by atoms with E-state index in [-0.39, 0.29) is 34.9 Å². The summed E-state index contributed by atoms with van der Waals surface area (Å²) in [5.74, 6) is -3.03. The van der Waals surface area contributed by atoms with Gasteiger partial charge in [-0.3, -0.25) is 14.4 Å². The summed E-state index contributed by atoms with van der Waals surface area (Å²) in [5, 5.41) is 23.1. The first-order valence-corrected chi connectivity index (χ1v) is 11.4. The maximum atomic E-state index is 13.2. The van der Waals surface area contributed by atoms with Crippen LogP contribution in [-0.4, -0.2) is 75.6 Å². The molecule has 2 amide bonds. The summed E-state index contributed by atoms with van der Waals surface area (Å²) in [6.45, 7) is 0. The minimum absolute atomic E-state index is 0.0329. The second-order valence-electron chi connectivity index (χ2n) is 7.83. The number of carbonyl (C=O) groups excluding carboxylic acids is 2. The number of methoxy groups -OCH3 is 5. The van der Waals surface area contributed by atoms with Gasteiger partial charge in [-0.2, -0.15) is 0 Å². The first kappa shape index (κ1) is 30.3. The summed E-state index contributed by atoms with van der Waals surface area (Å²) in [4.78, 5) is 49.0. The summed E-state index contributed by atoms with van der Waals surface area (Å²) in [6, 6.07) is 5.91. The number of carboxylic acids is 2. The largest absolute Gasteiger partial charge is 0.497 e. The van der Waals surface area contributed by atoms with Gasteiger partial charge in [0.2, 0.25) is 5.75 Å². The molecule has 0 aromatic heterocycles. The summed E-state index contributed by atoms with van der Waals surface area (Å²) < 4.78 is 26.3. The van der Waals surface area contributed by atoms with E-state index in [9.17, 15) is 24.3 Å². The van der Waals surface area contributed by atoms with E-state index in [0.717, 1.165) is 0 Å². The van der Waals surface area contributed by atoms with Gasteiger partial charge in [0, 0.05) is 23.6 Å². The molecule has 4 N–H and O–H groups in total. The molecule has 0 fully saturated rings. The number of hydrogen-bond acceptors (Lipinski definition) is 9. The van der Waals surface area contributed by atoms with Crippen LogP contribution in [0.3, 0.4) is 0 Å². The third-order valence-corrected chi connectivity index (χ3v) is 5.41. The highest BCUT2D eigenvalue weighted by Gasteiger charge is 2.25. The number of ether oxygens (including phenoxy) is 5. The maximum Gasteiger partial charge on any atom is 0.326 e. The Hall–Kier alpha value is -4.94. The zero-order valence-electron chi connectivity index (χ0n) is 22.0. The topological polar surface area (TPSA) is 179 Å². The van der Waals surface area contributed by atoms with Crippen LogP contribution in [0.25, 0.3) is 6.08 Å². The highest BCUT2D eigenvalue weighted by Crippen LogP contribution is 2.38. The number of carbonyl (C=O) groups is 4. The predicted molar refractivity (Wildman–Crippen MR) is 138 cm³/mol. The zero-order chi connectivity index (χ0) is 29.1. The molecule has 0 aliphatic heterocycles. The van der Waals surface area contributed by atoms with Gasteiger partial charge in [0.15, 0.2) is 11.5 Å². The van der Waals surface area contributed by atoms with Crippen molar-refractivity contribution in [3.8, 4) is 28.7 Å². The number of carboxylic acid groups (broad SMARTS) is 2. The van der Waals surface area contributed by atoms with Crippen molar-refractivity contribution in [1.82, 2.24) is 10.6 Å². The van der Waals surface area contributed by atoms with Crippen LogP contribution in [-0.2, 0) is 14.4 Å². The fraction of sp³-hybridized carbons (Fsp3) is 0.308. The average molecular weight is 547 g/mol. The normalized spacial score (nSPS) is 11.6. The highest BCUT2D eigenvalue weighted by atomic mass is 16.5. The molecule has 0 heterocycles. The summed E-state index contributed by atoms with van der Waals surface area (Å²) in [7, 11) is 7.00. The average Bonchev–Trinajstić information content (AvgIpc) is 2.93. The molecule has 2 aromatic carbocycles. The molecule has 0 saturated carbocycles. The third-order valence-electron chi connectivity index (χ3n) is 5.41. The van der Waals surface area contributed by atoms with Crippen LogP contribution < -0.4 is 34.3 Å². The molecule has 1 atom stereocenters. The molecule has 0 unspecified atom stereocenters. The number of amides is 2. The molecule has 0 radical (unpaired) electrons. The van der Waals surface area contributed by atoms with Crippen molar-refractivity contribution in [3.05, 3.63) is 47.2 Å². The van der Waals surface area contributed by atoms with Crippen molar-refractivity contribution in [2.24, 2.45) is 0 Å². The van der Waals surface area contributed by atoms with Crippen LogP contribution in [0.1, 0.15) is 28.8 Å². The van der Waals surface area contributed by atoms with Crippen LogP contribution in [0.15, 0.2) is 36.0 Å². The van der Waals surface area contributed by atoms with Gasteiger partial charge in [-0.25, -0.2) is 4.79 Å². The van der Waals surface area contributed by atoms with Crippen LogP contribution >= 0.6 is 0 Å². The summed E-state index contributed by atoms with van der Waals surface area (Å²) >= 11 is 0. The van der Waals surface area contributed by atoms with E-state index >= 15 is 0 Å². The lowest BCUT2D eigenvalue weighted by Crippen LogP contribution is -2.44. The first-order valence-electron chi connectivity index (χ1n) is 11.4. The molecule has 13 nitrogen and oxygen atoms in total. The molecule has 0 saturated heterocycles.